The summed E-state index contributed by atoms with van der Waals surface area (Å²) in [5.74, 6) is -0.323. The second kappa shape index (κ2) is 10.5. The zero-order chi connectivity index (χ0) is 23.1. The van der Waals surface area contributed by atoms with Gasteiger partial charge in [-0.05, 0) is 42.7 Å². The van der Waals surface area contributed by atoms with E-state index < -0.39 is 12.1 Å². The SMILES string of the molecule is CCCC[C@@H](C(=O)Nc1ccc(C)cc1N)N(C(N)=O)c1ccccc1-c1ccccc1. The van der Waals surface area contributed by atoms with E-state index >= 15 is 0 Å². The summed E-state index contributed by atoms with van der Waals surface area (Å²) in [7, 11) is 0. The van der Waals surface area contributed by atoms with Crippen LogP contribution in [0.3, 0.4) is 0 Å². The van der Waals surface area contributed by atoms with Crippen LogP contribution in [0.5, 0.6) is 0 Å². The highest BCUT2D eigenvalue weighted by molar-refractivity contribution is 6.06. The Bertz CT molecular complexity index is 1080. The average Bonchev–Trinajstić information content (AvgIpc) is 2.79. The van der Waals surface area contributed by atoms with Gasteiger partial charge in [-0.1, -0.05) is 74.4 Å². The molecule has 0 aliphatic rings. The highest BCUT2D eigenvalue weighted by Crippen LogP contribution is 2.33. The van der Waals surface area contributed by atoms with Crippen LogP contribution in [0.25, 0.3) is 11.1 Å². The highest BCUT2D eigenvalue weighted by Gasteiger charge is 2.31. The van der Waals surface area contributed by atoms with Crippen molar-refractivity contribution < 1.29 is 9.59 Å². The van der Waals surface area contributed by atoms with Crippen LogP contribution < -0.4 is 21.7 Å². The molecule has 0 bridgehead atoms. The molecule has 1 atom stereocenters. The van der Waals surface area contributed by atoms with Crippen LogP contribution in [-0.4, -0.2) is 18.0 Å². The molecule has 0 spiro atoms. The van der Waals surface area contributed by atoms with Gasteiger partial charge in [-0.15, -0.1) is 0 Å². The molecule has 6 nitrogen and oxygen atoms in total. The number of aryl methyl sites for hydroxylation is 1. The maximum atomic E-state index is 13.4. The third kappa shape index (κ3) is 5.27. The molecule has 0 heterocycles. The second-order valence-corrected chi connectivity index (χ2v) is 7.83. The number of hydrogen-bond donors (Lipinski definition) is 3. The van der Waals surface area contributed by atoms with Crippen LogP contribution in [0.15, 0.2) is 72.8 Å². The fraction of sp³-hybridized carbons (Fsp3) is 0.231. The van der Waals surface area contributed by atoms with Gasteiger partial charge in [0.1, 0.15) is 6.04 Å². The van der Waals surface area contributed by atoms with Gasteiger partial charge in [0.25, 0.3) is 0 Å². The summed E-state index contributed by atoms with van der Waals surface area (Å²) < 4.78 is 0. The fourth-order valence-electron chi connectivity index (χ4n) is 3.77. The molecule has 0 unspecified atom stereocenters. The molecule has 0 radical (unpaired) electrons. The number of anilines is 3. The summed E-state index contributed by atoms with van der Waals surface area (Å²) in [6, 6.07) is 21.2. The van der Waals surface area contributed by atoms with E-state index in [1.807, 2.05) is 74.5 Å². The van der Waals surface area contributed by atoms with Crippen molar-refractivity contribution in [2.75, 3.05) is 16.0 Å². The molecule has 3 aromatic carbocycles. The number of amides is 3. The van der Waals surface area contributed by atoms with Crippen molar-refractivity contribution in [3.63, 3.8) is 0 Å². The van der Waals surface area contributed by atoms with E-state index in [0.29, 0.717) is 23.5 Å². The minimum atomic E-state index is -0.780. The Labute approximate surface area is 189 Å². The minimum Gasteiger partial charge on any atom is -0.397 e. The van der Waals surface area contributed by atoms with Gasteiger partial charge in [-0.3, -0.25) is 9.69 Å². The third-order valence-electron chi connectivity index (χ3n) is 5.40. The van der Waals surface area contributed by atoms with Crippen LogP contribution >= 0.6 is 0 Å². The predicted molar refractivity (Wildman–Crippen MR) is 131 cm³/mol. The number of benzene rings is 3. The van der Waals surface area contributed by atoms with Gasteiger partial charge in [-0.2, -0.15) is 0 Å². The number of primary amides is 1. The monoisotopic (exact) mass is 430 g/mol. The summed E-state index contributed by atoms with van der Waals surface area (Å²) in [6.45, 7) is 3.97. The van der Waals surface area contributed by atoms with Gasteiger partial charge in [0.05, 0.1) is 17.1 Å². The molecule has 3 aromatic rings. The molecule has 6 heteroatoms. The van der Waals surface area contributed by atoms with Crippen molar-refractivity contribution in [2.24, 2.45) is 5.73 Å². The van der Waals surface area contributed by atoms with E-state index in [1.54, 1.807) is 12.1 Å². The summed E-state index contributed by atoms with van der Waals surface area (Å²) >= 11 is 0. The number of urea groups is 1. The first kappa shape index (κ1) is 22.9. The summed E-state index contributed by atoms with van der Waals surface area (Å²) in [5, 5.41) is 2.90. The molecule has 5 N–H and O–H groups in total. The molecule has 3 rings (SSSR count). The van der Waals surface area contributed by atoms with E-state index in [1.165, 1.54) is 4.90 Å². The molecule has 3 amide bonds. The number of unbranched alkanes of at least 4 members (excludes halogenated alkanes) is 1. The number of para-hydroxylation sites is 1. The first-order valence-electron chi connectivity index (χ1n) is 10.8. The van der Waals surface area contributed by atoms with E-state index in [0.717, 1.165) is 29.5 Å². The minimum absolute atomic E-state index is 0.323. The normalized spacial score (nSPS) is 11.6. The van der Waals surface area contributed by atoms with Crippen molar-refractivity contribution in [2.45, 2.75) is 39.2 Å². The van der Waals surface area contributed by atoms with Gasteiger partial charge in [0, 0.05) is 5.56 Å². The van der Waals surface area contributed by atoms with Crippen molar-refractivity contribution >= 4 is 29.0 Å². The number of carbonyl (C=O) groups excluding carboxylic acids is 2. The Kier molecular flexibility index (Phi) is 7.49. The first-order chi connectivity index (χ1) is 15.4. The van der Waals surface area contributed by atoms with Gasteiger partial charge in [0.2, 0.25) is 5.91 Å². The number of nitrogens with zero attached hydrogens (tertiary/aromatic N) is 1. The topological polar surface area (TPSA) is 101 Å². The van der Waals surface area contributed by atoms with Crippen LogP contribution in [0.2, 0.25) is 0 Å². The fourth-order valence-corrected chi connectivity index (χ4v) is 3.77. The van der Waals surface area contributed by atoms with Crippen LogP contribution in [0.1, 0.15) is 31.7 Å². The molecular weight excluding hydrogens is 400 g/mol. The van der Waals surface area contributed by atoms with Crippen molar-refractivity contribution in [1.29, 1.82) is 0 Å². The van der Waals surface area contributed by atoms with Gasteiger partial charge >= 0.3 is 6.03 Å². The predicted octanol–water partition coefficient (Wildman–Crippen LogP) is 5.33. The molecule has 0 aromatic heterocycles. The van der Waals surface area contributed by atoms with Crippen LogP contribution in [-0.2, 0) is 4.79 Å². The lowest BCUT2D eigenvalue weighted by molar-refractivity contribution is -0.117. The Morgan fingerprint density at radius 1 is 1.00 bits per heavy atom. The maximum absolute atomic E-state index is 13.4. The van der Waals surface area contributed by atoms with Gasteiger partial charge in [-0.25, -0.2) is 4.79 Å². The molecule has 0 saturated carbocycles. The summed E-state index contributed by atoms with van der Waals surface area (Å²) in [6.07, 6.45) is 2.11. The van der Waals surface area contributed by atoms with Crippen molar-refractivity contribution in [1.82, 2.24) is 0 Å². The van der Waals surface area contributed by atoms with Crippen molar-refractivity contribution in [3.05, 3.63) is 78.4 Å². The zero-order valence-electron chi connectivity index (χ0n) is 18.5. The third-order valence-corrected chi connectivity index (χ3v) is 5.40. The van der Waals surface area contributed by atoms with Crippen LogP contribution in [0, 0.1) is 6.92 Å². The lowest BCUT2D eigenvalue weighted by Gasteiger charge is -2.31. The Hall–Kier alpha value is -3.80. The van der Waals surface area contributed by atoms with Crippen molar-refractivity contribution in [3.8, 4) is 11.1 Å². The van der Waals surface area contributed by atoms with E-state index in [-0.39, 0.29) is 5.91 Å². The number of nitrogens with one attached hydrogen (secondary N) is 1. The lowest BCUT2D eigenvalue weighted by atomic mass is 10.00. The molecule has 32 heavy (non-hydrogen) atoms. The number of nitrogens with two attached hydrogens (primary N) is 2. The van der Waals surface area contributed by atoms with Gasteiger partial charge < -0.3 is 16.8 Å². The van der Waals surface area contributed by atoms with E-state index in [9.17, 15) is 9.59 Å². The molecular formula is C26H30N4O2. The lowest BCUT2D eigenvalue weighted by Crippen LogP contribution is -2.50. The quantitative estimate of drug-likeness (QED) is 0.421. The zero-order valence-corrected chi connectivity index (χ0v) is 18.5. The molecule has 0 fully saturated rings. The summed E-state index contributed by atoms with van der Waals surface area (Å²) in [5.41, 5.74) is 16.3. The summed E-state index contributed by atoms with van der Waals surface area (Å²) in [4.78, 5) is 27.5. The number of carbonyl (C=O) groups is 2. The number of hydrogen-bond acceptors (Lipinski definition) is 3. The average molecular weight is 431 g/mol. The molecule has 0 aliphatic carbocycles. The van der Waals surface area contributed by atoms with E-state index in [4.69, 9.17) is 11.5 Å². The standard InChI is InChI=1S/C26H30N4O2/c1-3-4-13-24(25(31)29-22-16-15-18(2)17-21(22)27)30(26(28)32)23-14-9-8-12-20(23)19-10-6-5-7-11-19/h5-12,14-17,24H,3-4,13,27H2,1-2H3,(H2,28,32)(H,29,31)/t24-/m0/s1. The van der Waals surface area contributed by atoms with Crippen LogP contribution in [0.4, 0.5) is 21.9 Å². The van der Waals surface area contributed by atoms with Gasteiger partial charge in [0.15, 0.2) is 0 Å². The van der Waals surface area contributed by atoms with E-state index in [2.05, 4.69) is 5.32 Å². The second-order valence-electron chi connectivity index (χ2n) is 7.83. The number of nitrogen functional groups attached to an aromatic ring is 1. The number of rotatable bonds is 8. The molecule has 0 aliphatic heterocycles. The largest absolute Gasteiger partial charge is 0.397 e. The Morgan fingerprint density at radius 2 is 1.69 bits per heavy atom. The highest BCUT2D eigenvalue weighted by atomic mass is 16.2. The Balaban J connectivity index is 2.02. The maximum Gasteiger partial charge on any atom is 0.320 e. The molecule has 0 saturated heterocycles. The first-order valence-corrected chi connectivity index (χ1v) is 10.8. The Morgan fingerprint density at radius 3 is 2.34 bits per heavy atom. The smallest absolute Gasteiger partial charge is 0.320 e. The molecule has 166 valence electrons.